The minimum Gasteiger partial charge on any atom is -0.309 e. The molecule has 0 bridgehead atoms. The minimum atomic E-state index is 0.247. The van der Waals surface area contributed by atoms with Crippen LogP contribution in [0.1, 0.15) is 23.6 Å². The second-order valence-corrected chi connectivity index (χ2v) is 5.33. The summed E-state index contributed by atoms with van der Waals surface area (Å²) < 4.78 is 0. The van der Waals surface area contributed by atoms with Crippen LogP contribution in [0, 0.1) is 0 Å². The normalized spacial score (nSPS) is 12.6. The van der Waals surface area contributed by atoms with E-state index in [9.17, 15) is 0 Å². The zero-order valence-electron chi connectivity index (χ0n) is 11.4. The number of pyridine rings is 1. The van der Waals surface area contributed by atoms with Crippen LogP contribution in [0.2, 0.25) is 5.02 Å². The first-order chi connectivity index (χ1) is 9.18. The largest absolute Gasteiger partial charge is 0.309 e. The van der Waals surface area contributed by atoms with E-state index in [-0.39, 0.29) is 5.92 Å². The molecule has 1 heterocycles. The van der Waals surface area contributed by atoms with Crippen molar-refractivity contribution in [3.63, 3.8) is 0 Å². The SMILES string of the molecule is CN(C)CCC(c1ccccn1)c1ccccc1Cl. The summed E-state index contributed by atoms with van der Waals surface area (Å²) in [5.41, 5.74) is 2.24. The van der Waals surface area contributed by atoms with Gasteiger partial charge in [0.15, 0.2) is 0 Å². The molecule has 1 atom stereocenters. The Labute approximate surface area is 120 Å². The molecule has 0 aliphatic heterocycles. The van der Waals surface area contributed by atoms with Crippen molar-refractivity contribution in [1.29, 1.82) is 0 Å². The third-order valence-electron chi connectivity index (χ3n) is 3.19. The highest BCUT2D eigenvalue weighted by Crippen LogP contribution is 2.31. The number of aromatic nitrogens is 1. The molecule has 100 valence electrons. The molecule has 2 rings (SSSR count). The maximum atomic E-state index is 6.34. The van der Waals surface area contributed by atoms with Crippen molar-refractivity contribution < 1.29 is 0 Å². The number of benzene rings is 1. The summed E-state index contributed by atoms with van der Waals surface area (Å²) in [4.78, 5) is 6.68. The quantitative estimate of drug-likeness (QED) is 0.824. The Morgan fingerprint density at radius 1 is 1.11 bits per heavy atom. The van der Waals surface area contributed by atoms with Crippen LogP contribution in [-0.4, -0.2) is 30.5 Å². The predicted octanol–water partition coefficient (Wildman–Crippen LogP) is 3.82. The zero-order chi connectivity index (χ0) is 13.7. The second kappa shape index (κ2) is 6.69. The van der Waals surface area contributed by atoms with E-state index < -0.39 is 0 Å². The van der Waals surface area contributed by atoms with Gasteiger partial charge in [-0.2, -0.15) is 0 Å². The van der Waals surface area contributed by atoms with Gasteiger partial charge in [-0.05, 0) is 50.8 Å². The monoisotopic (exact) mass is 274 g/mol. The highest BCUT2D eigenvalue weighted by Gasteiger charge is 2.17. The van der Waals surface area contributed by atoms with Gasteiger partial charge >= 0.3 is 0 Å². The van der Waals surface area contributed by atoms with E-state index in [1.807, 2.05) is 36.5 Å². The molecule has 0 saturated heterocycles. The van der Waals surface area contributed by atoms with Crippen LogP contribution in [0.3, 0.4) is 0 Å². The van der Waals surface area contributed by atoms with Crippen LogP contribution < -0.4 is 0 Å². The summed E-state index contributed by atoms with van der Waals surface area (Å²) in [6.07, 6.45) is 2.85. The van der Waals surface area contributed by atoms with E-state index in [1.165, 1.54) is 0 Å². The number of nitrogens with zero attached hydrogens (tertiary/aromatic N) is 2. The third-order valence-corrected chi connectivity index (χ3v) is 3.53. The number of hydrogen-bond acceptors (Lipinski definition) is 2. The fourth-order valence-electron chi connectivity index (χ4n) is 2.19. The maximum Gasteiger partial charge on any atom is 0.0479 e. The van der Waals surface area contributed by atoms with Gasteiger partial charge in [0.25, 0.3) is 0 Å². The molecule has 3 heteroatoms. The van der Waals surface area contributed by atoms with Crippen LogP contribution >= 0.6 is 11.6 Å². The third kappa shape index (κ3) is 3.79. The number of halogens is 1. The maximum absolute atomic E-state index is 6.34. The summed E-state index contributed by atoms with van der Waals surface area (Å²) >= 11 is 6.34. The molecular weight excluding hydrogens is 256 g/mol. The van der Waals surface area contributed by atoms with Gasteiger partial charge in [-0.3, -0.25) is 4.98 Å². The molecule has 0 aliphatic rings. The second-order valence-electron chi connectivity index (χ2n) is 4.92. The van der Waals surface area contributed by atoms with Crippen LogP contribution in [-0.2, 0) is 0 Å². The summed E-state index contributed by atoms with van der Waals surface area (Å²) in [5.74, 6) is 0.247. The smallest absolute Gasteiger partial charge is 0.0479 e. The van der Waals surface area contributed by atoms with Crippen LogP contribution in [0.5, 0.6) is 0 Å². The van der Waals surface area contributed by atoms with Gasteiger partial charge in [0, 0.05) is 22.8 Å². The molecule has 1 aromatic heterocycles. The Kier molecular flexibility index (Phi) is 4.94. The summed E-state index contributed by atoms with van der Waals surface area (Å²) in [6, 6.07) is 14.1. The molecule has 2 aromatic rings. The minimum absolute atomic E-state index is 0.247. The van der Waals surface area contributed by atoms with Gasteiger partial charge in [-0.15, -0.1) is 0 Å². The van der Waals surface area contributed by atoms with Crippen molar-refractivity contribution in [2.45, 2.75) is 12.3 Å². The molecular formula is C16H19ClN2. The van der Waals surface area contributed by atoms with E-state index in [4.69, 9.17) is 11.6 Å². The first kappa shape index (κ1) is 14.0. The molecule has 1 aromatic carbocycles. The Balaban J connectivity index is 2.32. The van der Waals surface area contributed by atoms with Gasteiger partial charge in [-0.1, -0.05) is 35.9 Å². The Hall–Kier alpha value is -1.38. The summed E-state index contributed by atoms with van der Waals surface area (Å²) in [7, 11) is 4.17. The van der Waals surface area contributed by atoms with Gasteiger partial charge in [0.2, 0.25) is 0 Å². The zero-order valence-corrected chi connectivity index (χ0v) is 12.1. The first-order valence-electron chi connectivity index (χ1n) is 6.48. The lowest BCUT2D eigenvalue weighted by Gasteiger charge is -2.20. The number of rotatable bonds is 5. The molecule has 0 radical (unpaired) electrons. The fraction of sp³-hybridized carbons (Fsp3) is 0.312. The summed E-state index contributed by atoms with van der Waals surface area (Å²) in [5, 5.41) is 0.817. The van der Waals surface area contributed by atoms with Crippen molar-refractivity contribution in [1.82, 2.24) is 9.88 Å². The molecule has 19 heavy (non-hydrogen) atoms. The van der Waals surface area contributed by atoms with E-state index in [1.54, 1.807) is 0 Å². The Morgan fingerprint density at radius 3 is 2.47 bits per heavy atom. The lowest BCUT2D eigenvalue weighted by Crippen LogP contribution is -2.17. The van der Waals surface area contributed by atoms with E-state index in [0.29, 0.717) is 0 Å². The lowest BCUT2D eigenvalue weighted by atomic mass is 9.92. The Bertz CT molecular complexity index is 511. The molecule has 0 fully saturated rings. The van der Waals surface area contributed by atoms with E-state index in [0.717, 1.165) is 29.2 Å². The molecule has 0 N–H and O–H groups in total. The highest BCUT2D eigenvalue weighted by molar-refractivity contribution is 6.31. The van der Waals surface area contributed by atoms with Gasteiger partial charge in [-0.25, -0.2) is 0 Å². The van der Waals surface area contributed by atoms with E-state index in [2.05, 4.69) is 36.1 Å². The van der Waals surface area contributed by atoms with Crippen molar-refractivity contribution in [3.05, 3.63) is 64.9 Å². The average Bonchev–Trinajstić information content (AvgIpc) is 2.42. The average molecular weight is 275 g/mol. The lowest BCUT2D eigenvalue weighted by molar-refractivity contribution is 0.389. The van der Waals surface area contributed by atoms with Crippen LogP contribution in [0.15, 0.2) is 48.7 Å². The number of hydrogen-bond donors (Lipinski definition) is 0. The molecule has 1 unspecified atom stereocenters. The highest BCUT2D eigenvalue weighted by atomic mass is 35.5. The van der Waals surface area contributed by atoms with Crippen LogP contribution in [0.25, 0.3) is 0 Å². The van der Waals surface area contributed by atoms with E-state index >= 15 is 0 Å². The molecule has 0 aliphatic carbocycles. The molecule has 0 spiro atoms. The van der Waals surface area contributed by atoms with Gasteiger partial charge < -0.3 is 4.90 Å². The molecule has 0 saturated carbocycles. The van der Waals surface area contributed by atoms with Crippen molar-refractivity contribution in [2.75, 3.05) is 20.6 Å². The standard InChI is InChI=1S/C16H19ClN2/c1-19(2)12-10-14(16-9-5-6-11-18-16)13-7-3-4-8-15(13)17/h3-9,11,14H,10,12H2,1-2H3. The van der Waals surface area contributed by atoms with Crippen molar-refractivity contribution >= 4 is 11.6 Å². The summed E-state index contributed by atoms with van der Waals surface area (Å²) in [6.45, 7) is 1.01. The molecule has 0 amide bonds. The topological polar surface area (TPSA) is 16.1 Å². The first-order valence-corrected chi connectivity index (χ1v) is 6.86. The Morgan fingerprint density at radius 2 is 1.84 bits per heavy atom. The van der Waals surface area contributed by atoms with Crippen molar-refractivity contribution in [3.8, 4) is 0 Å². The van der Waals surface area contributed by atoms with Crippen LogP contribution in [0.4, 0.5) is 0 Å². The van der Waals surface area contributed by atoms with Gasteiger partial charge in [0.1, 0.15) is 0 Å². The van der Waals surface area contributed by atoms with Gasteiger partial charge in [0.05, 0.1) is 0 Å². The van der Waals surface area contributed by atoms with Crippen molar-refractivity contribution in [2.24, 2.45) is 0 Å². The predicted molar refractivity (Wildman–Crippen MR) is 80.7 cm³/mol. The molecule has 2 nitrogen and oxygen atoms in total. The fourth-order valence-corrected chi connectivity index (χ4v) is 2.46.